The van der Waals surface area contributed by atoms with E-state index in [4.69, 9.17) is 0 Å². The number of aromatic nitrogens is 2. The van der Waals surface area contributed by atoms with E-state index >= 15 is 0 Å². The summed E-state index contributed by atoms with van der Waals surface area (Å²) in [4.78, 5) is 25.0. The van der Waals surface area contributed by atoms with Crippen LogP contribution in [0.3, 0.4) is 0 Å². The molecule has 134 valence electrons. The summed E-state index contributed by atoms with van der Waals surface area (Å²) < 4.78 is 13.5. The van der Waals surface area contributed by atoms with Gasteiger partial charge in [-0.2, -0.15) is 0 Å². The molecule has 2 amide bonds. The Morgan fingerprint density at radius 3 is 2.69 bits per heavy atom. The van der Waals surface area contributed by atoms with Crippen molar-refractivity contribution in [3.63, 3.8) is 0 Å². The summed E-state index contributed by atoms with van der Waals surface area (Å²) in [6, 6.07) is 9.09. The Morgan fingerprint density at radius 2 is 1.96 bits per heavy atom. The average molecular weight is 409 g/mol. The first-order valence-corrected chi connectivity index (χ1v) is 10.1. The quantitative estimate of drug-likeness (QED) is 0.462. The van der Waals surface area contributed by atoms with Crippen LogP contribution in [-0.4, -0.2) is 27.8 Å². The molecular formula is C16H13FN4O2S3. The third-order valence-electron chi connectivity index (χ3n) is 3.10. The van der Waals surface area contributed by atoms with Crippen LogP contribution in [0.4, 0.5) is 9.52 Å². The van der Waals surface area contributed by atoms with E-state index in [1.165, 1.54) is 47.4 Å². The van der Waals surface area contributed by atoms with Crippen molar-refractivity contribution in [2.75, 3.05) is 11.1 Å². The molecule has 0 radical (unpaired) electrons. The van der Waals surface area contributed by atoms with E-state index in [9.17, 15) is 14.0 Å². The Morgan fingerprint density at radius 1 is 1.15 bits per heavy atom. The third kappa shape index (κ3) is 5.35. The maximum atomic E-state index is 12.9. The number of carbonyl (C=O) groups excluding carboxylic acids is 2. The molecule has 3 rings (SSSR count). The van der Waals surface area contributed by atoms with Crippen molar-refractivity contribution in [2.24, 2.45) is 0 Å². The van der Waals surface area contributed by atoms with Gasteiger partial charge in [-0.1, -0.05) is 29.2 Å². The van der Waals surface area contributed by atoms with Crippen LogP contribution in [0.5, 0.6) is 0 Å². The molecule has 2 aromatic heterocycles. The molecule has 6 nitrogen and oxygen atoms in total. The van der Waals surface area contributed by atoms with Crippen molar-refractivity contribution in [3.05, 3.63) is 58.0 Å². The second-order valence-electron chi connectivity index (χ2n) is 4.98. The second kappa shape index (κ2) is 8.88. The van der Waals surface area contributed by atoms with Gasteiger partial charge in [-0.25, -0.2) is 4.39 Å². The standard InChI is InChI=1S/C16H13FN4O2S3/c17-11-5-3-10(4-6-11)14(23)19-15-20-21-16(26-15)25-9-13(22)18-8-12-2-1-7-24-12/h1-7H,8-9H2,(H,18,22)(H,19,20,23). The van der Waals surface area contributed by atoms with E-state index in [1.807, 2.05) is 17.5 Å². The van der Waals surface area contributed by atoms with E-state index < -0.39 is 11.7 Å². The molecule has 3 aromatic rings. The fourth-order valence-corrected chi connectivity index (χ4v) is 4.09. The molecule has 0 bridgehead atoms. The van der Waals surface area contributed by atoms with Crippen molar-refractivity contribution in [1.82, 2.24) is 15.5 Å². The Bertz CT molecular complexity index is 881. The minimum atomic E-state index is -0.409. The highest BCUT2D eigenvalue weighted by atomic mass is 32.2. The summed E-state index contributed by atoms with van der Waals surface area (Å²) in [5.41, 5.74) is 0.323. The number of halogens is 1. The maximum absolute atomic E-state index is 12.9. The lowest BCUT2D eigenvalue weighted by molar-refractivity contribution is -0.118. The average Bonchev–Trinajstić information content (AvgIpc) is 3.30. The minimum Gasteiger partial charge on any atom is -0.350 e. The molecule has 2 heterocycles. The topological polar surface area (TPSA) is 84.0 Å². The zero-order valence-corrected chi connectivity index (χ0v) is 15.7. The molecule has 10 heteroatoms. The molecule has 0 saturated heterocycles. The lowest BCUT2D eigenvalue weighted by Crippen LogP contribution is -2.24. The Labute approximate surface area is 160 Å². The molecule has 0 atom stereocenters. The van der Waals surface area contributed by atoms with E-state index in [0.29, 0.717) is 21.6 Å². The number of hydrogen-bond donors (Lipinski definition) is 2. The van der Waals surface area contributed by atoms with Crippen LogP contribution < -0.4 is 10.6 Å². The summed E-state index contributed by atoms with van der Waals surface area (Å²) in [5, 5.41) is 15.5. The number of rotatable bonds is 7. The normalized spacial score (nSPS) is 10.5. The predicted molar refractivity (Wildman–Crippen MR) is 101 cm³/mol. The molecule has 0 aliphatic heterocycles. The SMILES string of the molecule is O=C(CSc1nnc(NC(=O)c2ccc(F)cc2)s1)NCc1cccs1. The number of thioether (sulfide) groups is 1. The number of carbonyl (C=O) groups is 2. The van der Waals surface area contributed by atoms with Crippen LogP contribution in [0.2, 0.25) is 0 Å². The highest BCUT2D eigenvalue weighted by molar-refractivity contribution is 8.01. The van der Waals surface area contributed by atoms with Crippen LogP contribution in [-0.2, 0) is 11.3 Å². The third-order valence-corrected chi connectivity index (χ3v) is 5.95. The van der Waals surface area contributed by atoms with Gasteiger partial charge in [0.05, 0.1) is 12.3 Å². The Hall–Kier alpha value is -2.30. The number of nitrogens with one attached hydrogen (secondary N) is 2. The fraction of sp³-hybridized carbons (Fsp3) is 0.125. The van der Waals surface area contributed by atoms with Gasteiger partial charge in [0.1, 0.15) is 5.82 Å². The second-order valence-corrected chi connectivity index (χ2v) is 8.21. The molecule has 0 unspecified atom stereocenters. The zero-order valence-electron chi connectivity index (χ0n) is 13.3. The number of hydrogen-bond acceptors (Lipinski definition) is 7. The smallest absolute Gasteiger partial charge is 0.257 e. The molecule has 2 N–H and O–H groups in total. The van der Waals surface area contributed by atoms with Gasteiger partial charge in [0, 0.05) is 10.4 Å². The van der Waals surface area contributed by atoms with Gasteiger partial charge in [0.2, 0.25) is 11.0 Å². The van der Waals surface area contributed by atoms with E-state index in [1.54, 1.807) is 11.3 Å². The molecule has 0 aliphatic rings. The maximum Gasteiger partial charge on any atom is 0.257 e. The fourth-order valence-electron chi connectivity index (χ4n) is 1.87. The van der Waals surface area contributed by atoms with E-state index in [0.717, 1.165) is 4.88 Å². The molecule has 26 heavy (non-hydrogen) atoms. The van der Waals surface area contributed by atoms with Gasteiger partial charge in [-0.15, -0.1) is 21.5 Å². The van der Waals surface area contributed by atoms with Crippen LogP contribution >= 0.6 is 34.4 Å². The van der Waals surface area contributed by atoms with Crippen LogP contribution in [0, 0.1) is 5.82 Å². The number of thiophene rings is 1. The largest absolute Gasteiger partial charge is 0.350 e. The van der Waals surface area contributed by atoms with Gasteiger partial charge in [-0.05, 0) is 35.7 Å². The minimum absolute atomic E-state index is 0.101. The molecule has 1 aromatic carbocycles. The van der Waals surface area contributed by atoms with Gasteiger partial charge < -0.3 is 5.32 Å². The van der Waals surface area contributed by atoms with E-state index in [2.05, 4.69) is 20.8 Å². The van der Waals surface area contributed by atoms with Crippen molar-refractivity contribution in [3.8, 4) is 0 Å². The van der Waals surface area contributed by atoms with Crippen molar-refractivity contribution in [1.29, 1.82) is 0 Å². The lowest BCUT2D eigenvalue weighted by atomic mass is 10.2. The summed E-state index contributed by atoms with van der Waals surface area (Å²) >= 11 is 4.00. The Balaban J connectivity index is 1.46. The molecule has 0 saturated carbocycles. The Kier molecular flexibility index (Phi) is 6.31. The predicted octanol–water partition coefficient (Wildman–Crippen LogP) is 3.40. The molecular weight excluding hydrogens is 395 g/mol. The highest BCUT2D eigenvalue weighted by Crippen LogP contribution is 2.25. The first-order valence-electron chi connectivity index (χ1n) is 7.42. The monoisotopic (exact) mass is 408 g/mol. The van der Waals surface area contributed by atoms with Crippen LogP contribution in [0.1, 0.15) is 15.2 Å². The van der Waals surface area contributed by atoms with Crippen molar-refractivity contribution < 1.29 is 14.0 Å². The number of anilines is 1. The van der Waals surface area contributed by atoms with Gasteiger partial charge in [-0.3, -0.25) is 14.9 Å². The van der Waals surface area contributed by atoms with Gasteiger partial charge >= 0.3 is 0 Å². The van der Waals surface area contributed by atoms with Crippen LogP contribution in [0.25, 0.3) is 0 Å². The highest BCUT2D eigenvalue weighted by Gasteiger charge is 2.12. The summed E-state index contributed by atoms with van der Waals surface area (Å²) in [5.74, 6) is -0.693. The van der Waals surface area contributed by atoms with Crippen LogP contribution in [0.15, 0.2) is 46.1 Å². The first-order chi connectivity index (χ1) is 12.6. The number of nitrogens with zero attached hydrogens (tertiary/aromatic N) is 2. The summed E-state index contributed by atoms with van der Waals surface area (Å²) in [6.07, 6.45) is 0. The van der Waals surface area contributed by atoms with Gasteiger partial charge in [0.25, 0.3) is 5.91 Å². The van der Waals surface area contributed by atoms with Crippen molar-refractivity contribution >= 4 is 51.4 Å². The number of benzene rings is 1. The summed E-state index contributed by atoms with van der Waals surface area (Å²) in [6.45, 7) is 0.506. The molecule has 0 spiro atoms. The zero-order chi connectivity index (χ0) is 18.4. The summed E-state index contributed by atoms with van der Waals surface area (Å²) in [7, 11) is 0. The first kappa shape index (κ1) is 18.5. The van der Waals surface area contributed by atoms with E-state index in [-0.39, 0.29) is 11.7 Å². The molecule has 0 fully saturated rings. The molecule has 0 aliphatic carbocycles. The lowest BCUT2D eigenvalue weighted by Gasteiger charge is -2.01. The van der Waals surface area contributed by atoms with Gasteiger partial charge in [0.15, 0.2) is 4.34 Å². The van der Waals surface area contributed by atoms with Crippen molar-refractivity contribution in [2.45, 2.75) is 10.9 Å². The number of amides is 2.